The number of non-ortho nitro benzene ring substituents is 1. The van der Waals surface area contributed by atoms with Gasteiger partial charge in [-0.05, 0) is 30.2 Å². The van der Waals surface area contributed by atoms with E-state index >= 15 is 0 Å². The number of carbonyl (C=O) groups excluding carboxylic acids is 4. The van der Waals surface area contributed by atoms with Gasteiger partial charge in [-0.2, -0.15) is 0 Å². The molecule has 0 aromatic heterocycles. The van der Waals surface area contributed by atoms with Crippen LogP contribution in [0.1, 0.15) is 31.4 Å². The lowest BCUT2D eigenvalue weighted by atomic mass is 9.83. The molecule has 2 aliphatic heterocycles. The highest BCUT2D eigenvalue weighted by Crippen LogP contribution is 2.47. The number of thioether (sulfide) groups is 1. The quantitative estimate of drug-likeness (QED) is 0.133. The number of hydrogen-bond acceptors (Lipinski definition) is 10. The summed E-state index contributed by atoms with van der Waals surface area (Å²) < 4.78 is 16.0. The first kappa shape index (κ1) is 27.8. The average molecular weight is 555 g/mol. The van der Waals surface area contributed by atoms with Crippen molar-refractivity contribution in [2.75, 3.05) is 5.75 Å². The Balaban J connectivity index is 1.45. The zero-order valence-electron chi connectivity index (χ0n) is 21.2. The molecule has 1 amide bonds. The number of nitrogens with zero attached hydrogens (tertiary/aromatic N) is 2. The number of β-lactam (4-membered cyclic amide) rings is 1. The second-order valence-corrected chi connectivity index (χ2v) is 10.1. The summed E-state index contributed by atoms with van der Waals surface area (Å²) in [7, 11) is 0. The van der Waals surface area contributed by atoms with Gasteiger partial charge in [0.25, 0.3) is 5.69 Å². The highest BCUT2D eigenvalue weighted by Gasteiger charge is 2.58. The molecule has 39 heavy (non-hydrogen) atoms. The summed E-state index contributed by atoms with van der Waals surface area (Å²) in [6.07, 6.45) is -0.394. The van der Waals surface area contributed by atoms with Gasteiger partial charge >= 0.3 is 17.9 Å². The summed E-state index contributed by atoms with van der Waals surface area (Å²) in [6.45, 7) is 2.82. The van der Waals surface area contributed by atoms with Crippen molar-refractivity contribution < 1.29 is 38.3 Å². The summed E-state index contributed by atoms with van der Waals surface area (Å²) >= 11 is 1.10. The van der Waals surface area contributed by atoms with Crippen LogP contribution in [0.15, 0.2) is 65.2 Å². The number of ether oxygens (including phenoxy) is 3. The molecule has 0 bridgehead atoms. The SMILES string of the molecule is CC(=O)OC(C)C1C(=O)N2C(C(=O)OCc3ccc([N+](=O)[O-])cc3)=C(SCC(=O)OCc3ccccc3)C[C@H]12. The Labute approximate surface area is 228 Å². The zero-order valence-corrected chi connectivity index (χ0v) is 22.1. The molecule has 2 aromatic carbocycles. The molecule has 12 heteroatoms. The smallest absolute Gasteiger partial charge is 0.356 e. The number of rotatable bonds is 11. The van der Waals surface area contributed by atoms with Gasteiger partial charge in [0.1, 0.15) is 25.0 Å². The van der Waals surface area contributed by atoms with Gasteiger partial charge in [-0.3, -0.25) is 24.5 Å². The normalized spacial score (nSPS) is 18.6. The lowest BCUT2D eigenvalue weighted by Crippen LogP contribution is -2.62. The first-order valence-electron chi connectivity index (χ1n) is 12.1. The minimum absolute atomic E-state index is 0.0408. The van der Waals surface area contributed by atoms with Crippen LogP contribution in [-0.4, -0.2) is 51.5 Å². The predicted octanol–water partition coefficient (Wildman–Crippen LogP) is 3.51. The summed E-state index contributed by atoms with van der Waals surface area (Å²) in [4.78, 5) is 62.2. The second kappa shape index (κ2) is 12.1. The van der Waals surface area contributed by atoms with Crippen molar-refractivity contribution in [2.24, 2.45) is 5.92 Å². The van der Waals surface area contributed by atoms with Gasteiger partial charge in [0.05, 0.1) is 22.6 Å². The largest absolute Gasteiger partial charge is 0.462 e. The third-order valence-electron chi connectivity index (χ3n) is 6.34. The van der Waals surface area contributed by atoms with Gasteiger partial charge in [-0.25, -0.2) is 4.79 Å². The van der Waals surface area contributed by atoms with E-state index in [9.17, 15) is 29.3 Å². The van der Waals surface area contributed by atoms with Crippen molar-refractivity contribution in [3.8, 4) is 0 Å². The number of carbonyl (C=O) groups is 4. The number of hydrogen-bond donors (Lipinski definition) is 0. The van der Waals surface area contributed by atoms with E-state index in [1.807, 2.05) is 30.3 Å². The summed E-state index contributed by atoms with van der Waals surface area (Å²) in [5.41, 5.74) is 1.31. The molecular formula is C27H26N2O9S. The Morgan fingerprint density at radius 1 is 1.05 bits per heavy atom. The van der Waals surface area contributed by atoms with Crippen molar-refractivity contribution in [1.29, 1.82) is 0 Å². The van der Waals surface area contributed by atoms with E-state index in [2.05, 4.69) is 0 Å². The van der Waals surface area contributed by atoms with Crippen LogP contribution in [0.2, 0.25) is 0 Å². The summed E-state index contributed by atoms with van der Waals surface area (Å²) in [5, 5.41) is 10.9. The zero-order chi connectivity index (χ0) is 28.1. The summed E-state index contributed by atoms with van der Waals surface area (Å²) in [5.74, 6) is -2.85. The summed E-state index contributed by atoms with van der Waals surface area (Å²) in [6, 6.07) is 14.3. The number of amides is 1. The molecule has 0 aliphatic carbocycles. The number of esters is 3. The van der Waals surface area contributed by atoms with Crippen molar-refractivity contribution in [2.45, 2.75) is 45.6 Å². The maximum absolute atomic E-state index is 13.2. The first-order chi connectivity index (χ1) is 18.7. The van der Waals surface area contributed by atoms with E-state index in [0.717, 1.165) is 17.3 Å². The molecule has 0 radical (unpaired) electrons. The van der Waals surface area contributed by atoms with Gasteiger partial charge in [0.2, 0.25) is 5.91 Å². The van der Waals surface area contributed by atoms with Crippen molar-refractivity contribution in [3.05, 3.63) is 86.4 Å². The second-order valence-electron chi connectivity index (χ2n) is 9.03. The fourth-order valence-electron chi connectivity index (χ4n) is 4.53. The molecule has 2 aliphatic rings. The van der Waals surface area contributed by atoms with Crippen molar-refractivity contribution in [3.63, 3.8) is 0 Å². The van der Waals surface area contributed by atoms with E-state index in [-0.39, 0.29) is 36.3 Å². The van der Waals surface area contributed by atoms with Crippen molar-refractivity contribution >= 4 is 41.3 Å². The molecule has 3 atom stereocenters. The number of nitro groups is 1. The maximum Gasteiger partial charge on any atom is 0.356 e. The third-order valence-corrected chi connectivity index (χ3v) is 7.43. The Kier molecular flexibility index (Phi) is 8.65. The van der Waals surface area contributed by atoms with Crippen LogP contribution < -0.4 is 0 Å². The lowest BCUT2D eigenvalue weighted by molar-refractivity contribution is -0.384. The van der Waals surface area contributed by atoms with E-state index in [1.54, 1.807) is 6.92 Å². The van der Waals surface area contributed by atoms with E-state index in [0.29, 0.717) is 16.9 Å². The van der Waals surface area contributed by atoms with E-state index < -0.39 is 40.9 Å². The highest BCUT2D eigenvalue weighted by atomic mass is 32.2. The molecule has 0 spiro atoms. The monoisotopic (exact) mass is 554 g/mol. The molecule has 204 valence electrons. The van der Waals surface area contributed by atoms with Crippen LogP contribution >= 0.6 is 11.8 Å². The Morgan fingerprint density at radius 2 is 1.69 bits per heavy atom. The van der Waals surface area contributed by atoms with Crippen LogP contribution in [0.5, 0.6) is 0 Å². The van der Waals surface area contributed by atoms with Gasteiger partial charge in [-0.15, -0.1) is 11.8 Å². The number of benzene rings is 2. The fourth-order valence-corrected chi connectivity index (χ4v) is 5.51. The first-order valence-corrected chi connectivity index (χ1v) is 13.1. The van der Waals surface area contributed by atoms with Gasteiger partial charge in [0, 0.05) is 30.4 Å². The molecule has 2 aromatic rings. The molecule has 1 fully saturated rings. The molecule has 0 saturated carbocycles. The van der Waals surface area contributed by atoms with Gasteiger partial charge < -0.3 is 19.1 Å². The Hall–Kier alpha value is -4.19. The molecule has 4 rings (SSSR count). The third kappa shape index (κ3) is 6.45. The van der Waals surface area contributed by atoms with E-state index in [1.165, 1.54) is 36.1 Å². The minimum atomic E-state index is -0.761. The van der Waals surface area contributed by atoms with Crippen LogP contribution in [-0.2, 0) is 46.6 Å². The van der Waals surface area contributed by atoms with Crippen LogP contribution in [0, 0.1) is 16.0 Å². The lowest BCUT2D eigenvalue weighted by Gasteiger charge is -2.45. The predicted molar refractivity (Wildman–Crippen MR) is 139 cm³/mol. The fraction of sp³-hybridized carbons (Fsp3) is 0.333. The molecule has 2 unspecified atom stereocenters. The maximum atomic E-state index is 13.2. The van der Waals surface area contributed by atoms with Crippen LogP contribution in [0.4, 0.5) is 5.69 Å². The Morgan fingerprint density at radius 3 is 2.33 bits per heavy atom. The minimum Gasteiger partial charge on any atom is -0.462 e. The Bertz CT molecular complexity index is 1310. The number of nitro benzene ring substituents is 1. The highest BCUT2D eigenvalue weighted by molar-refractivity contribution is 8.03. The average Bonchev–Trinajstić information content (AvgIpc) is 3.24. The molecule has 1 saturated heterocycles. The standard InChI is InChI=1S/C27H26N2O9S/c1-16(38-17(2)30)24-21-12-22(39-15-23(31)36-13-18-6-4-3-5-7-18)25(28(21)26(24)32)27(33)37-14-19-8-10-20(11-9-19)29(34)35/h3-11,16,21,24H,12-15H2,1-2H3/t16?,21-,24?/m1/s1. The van der Waals surface area contributed by atoms with E-state index in [4.69, 9.17) is 14.2 Å². The van der Waals surface area contributed by atoms with Crippen LogP contribution in [0.3, 0.4) is 0 Å². The molecule has 11 nitrogen and oxygen atoms in total. The number of fused-ring (bicyclic) bond motifs is 1. The topological polar surface area (TPSA) is 142 Å². The van der Waals surface area contributed by atoms with Crippen LogP contribution in [0.25, 0.3) is 0 Å². The van der Waals surface area contributed by atoms with Gasteiger partial charge in [-0.1, -0.05) is 30.3 Å². The van der Waals surface area contributed by atoms with Gasteiger partial charge in [0.15, 0.2) is 0 Å². The molecule has 2 heterocycles. The molecule has 0 N–H and O–H groups in total. The molecular weight excluding hydrogens is 528 g/mol. The van der Waals surface area contributed by atoms with Crippen molar-refractivity contribution in [1.82, 2.24) is 4.90 Å².